The molecule has 1 atom stereocenters. The predicted octanol–water partition coefficient (Wildman–Crippen LogP) is 3.96. The monoisotopic (exact) mass is 397 g/mol. The summed E-state index contributed by atoms with van der Waals surface area (Å²) in [5.41, 5.74) is 1.21. The Kier molecular flexibility index (Phi) is 5.46. The highest BCUT2D eigenvalue weighted by Crippen LogP contribution is 2.39. The summed E-state index contributed by atoms with van der Waals surface area (Å²) in [5.74, 6) is -0.474. The summed E-state index contributed by atoms with van der Waals surface area (Å²) in [6, 6.07) is 16.3. The van der Waals surface area contributed by atoms with Gasteiger partial charge in [0.2, 0.25) is 0 Å². The number of nitrogens with zero attached hydrogens (tertiary/aromatic N) is 3. The fourth-order valence-corrected chi connectivity index (χ4v) is 4.41. The van der Waals surface area contributed by atoms with Gasteiger partial charge in [-0.3, -0.25) is 14.7 Å². The Morgan fingerprint density at radius 1 is 1.14 bits per heavy atom. The molecule has 0 aromatic heterocycles. The Morgan fingerprint density at radius 3 is 2.48 bits per heavy atom. The Labute approximate surface area is 169 Å². The number of anilines is 1. The normalized spacial score (nSPS) is 22.4. The number of halogens is 2. The molecule has 1 fully saturated rings. The van der Waals surface area contributed by atoms with Crippen LogP contribution in [0.4, 0.5) is 14.5 Å². The van der Waals surface area contributed by atoms with E-state index in [1.54, 1.807) is 23.2 Å². The molecule has 0 bridgehead atoms. The first-order chi connectivity index (χ1) is 14.0. The van der Waals surface area contributed by atoms with Crippen LogP contribution >= 0.6 is 0 Å². The van der Waals surface area contributed by atoms with Crippen molar-refractivity contribution in [3.05, 3.63) is 66.0 Å². The molecule has 152 valence electrons. The van der Waals surface area contributed by atoms with Crippen LogP contribution in [-0.2, 0) is 10.2 Å². The second-order valence-electron chi connectivity index (χ2n) is 7.92. The number of alkyl halides is 1. The van der Waals surface area contributed by atoms with Crippen LogP contribution in [0.3, 0.4) is 0 Å². The van der Waals surface area contributed by atoms with E-state index < -0.39 is 11.6 Å². The number of hydrazone groups is 1. The van der Waals surface area contributed by atoms with E-state index in [-0.39, 0.29) is 11.6 Å². The Balaban J connectivity index is 1.66. The van der Waals surface area contributed by atoms with Crippen LogP contribution in [0, 0.1) is 5.82 Å². The summed E-state index contributed by atoms with van der Waals surface area (Å²) in [7, 11) is 0. The summed E-state index contributed by atoms with van der Waals surface area (Å²) in [4.78, 5) is 14.7. The SMILES string of the molecule is CC(=O)C1=NN(c2ccccc2F)CC1(CCCN1CC(F)C1)c1ccccc1. The van der Waals surface area contributed by atoms with Crippen molar-refractivity contribution in [3.8, 4) is 0 Å². The van der Waals surface area contributed by atoms with E-state index in [4.69, 9.17) is 0 Å². The molecule has 2 heterocycles. The Morgan fingerprint density at radius 2 is 1.83 bits per heavy atom. The van der Waals surface area contributed by atoms with Crippen LogP contribution in [0.1, 0.15) is 25.3 Å². The van der Waals surface area contributed by atoms with Crippen LogP contribution in [0.5, 0.6) is 0 Å². The minimum Gasteiger partial charge on any atom is -0.297 e. The molecule has 0 spiro atoms. The summed E-state index contributed by atoms with van der Waals surface area (Å²) >= 11 is 0. The maximum Gasteiger partial charge on any atom is 0.176 e. The molecule has 2 aliphatic heterocycles. The van der Waals surface area contributed by atoms with Crippen LogP contribution in [-0.4, -0.2) is 48.7 Å². The molecule has 0 radical (unpaired) electrons. The van der Waals surface area contributed by atoms with Gasteiger partial charge in [0.15, 0.2) is 5.78 Å². The highest BCUT2D eigenvalue weighted by molar-refractivity contribution is 6.43. The molecular formula is C23H25F2N3O. The van der Waals surface area contributed by atoms with Gasteiger partial charge in [-0.1, -0.05) is 42.5 Å². The number of likely N-dealkylation sites (tertiary alicyclic amines) is 1. The number of ketones is 1. The molecule has 0 saturated carbocycles. The molecule has 0 amide bonds. The summed E-state index contributed by atoms with van der Waals surface area (Å²) in [6.45, 7) is 3.66. The van der Waals surface area contributed by atoms with E-state index in [1.807, 2.05) is 30.3 Å². The van der Waals surface area contributed by atoms with Gasteiger partial charge in [0, 0.05) is 20.0 Å². The first kappa shape index (κ1) is 19.7. The lowest BCUT2D eigenvalue weighted by Gasteiger charge is -2.36. The van der Waals surface area contributed by atoms with Gasteiger partial charge in [0.05, 0.1) is 17.6 Å². The van der Waals surface area contributed by atoms with E-state index in [1.165, 1.54) is 13.0 Å². The van der Waals surface area contributed by atoms with Crippen LogP contribution < -0.4 is 5.01 Å². The van der Waals surface area contributed by atoms with Crippen LogP contribution in [0.25, 0.3) is 0 Å². The molecule has 6 heteroatoms. The molecule has 29 heavy (non-hydrogen) atoms. The zero-order chi connectivity index (χ0) is 20.4. The molecule has 0 aliphatic carbocycles. The molecule has 1 saturated heterocycles. The molecular weight excluding hydrogens is 372 g/mol. The number of carbonyl (C=O) groups excluding carboxylic acids is 1. The van der Waals surface area contributed by atoms with Gasteiger partial charge in [0.1, 0.15) is 17.7 Å². The molecule has 4 nitrogen and oxygen atoms in total. The standard InChI is InChI=1S/C23H25F2N3O/c1-17(29)22-23(18-8-3-2-4-9-18,12-7-13-27-14-19(24)15-27)16-28(26-22)21-11-6-5-10-20(21)25/h2-6,8-11,19H,7,12-16H2,1H3. The van der Waals surface area contributed by atoms with Crippen molar-refractivity contribution in [2.24, 2.45) is 5.10 Å². The summed E-state index contributed by atoms with van der Waals surface area (Å²) in [6.07, 6.45) is 0.766. The van der Waals surface area contributed by atoms with Gasteiger partial charge in [-0.2, -0.15) is 5.10 Å². The van der Waals surface area contributed by atoms with Gasteiger partial charge >= 0.3 is 0 Å². The van der Waals surface area contributed by atoms with E-state index >= 15 is 0 Å². The van der Waals surface area contributed by atoms with E-state index in [9.17, 15) is 13.6 Å². The second-order valence-corrected chi connectivity index (χ2v) is 7.92. The second kappa shape index (κ2) is 8.03. The lowest BCUT2D eigenvalue weighted by atomic mass is 9.72. The van der Waals surface area contributed by atoms with E-state index in [0.717, 1.165) is 18.5 Å². The third-order valence-corrected chi connectivity index (χ3v) is 5.87. The first-order valence-electron chi connectivity index (χ1n) is 10.0. The van der Waals surface area contributed by atoms with Crippen molar-refractivity contribution < 1.29 is 13.6 Å². The molecule has 2 aromatic rings. The average molecular weight is 397 g/mol. The summed E-state index contributed by atoms with van der Waals surface area (Å²) < 4.78 is 27.6. The maximum absolute atomic E-state index is 14.4. The molecule has 2 aromatic carbocycles. The number of Topliss-reactive ketones (excluding diaryl/α,β-unsaturated/α-hetero) is 1. The smallest absolute Gasteiger partial charge is 0.176 e. The quantitative estimate of drug-likeness (QED) is 0.710. The Hall–Kier alpha value is -2.60. The van der Waals surface area contributed by atoms with Gasteiger partial charge in [-0.15, -0.1) is 0 Å². The van der Waals surface area contributed by atoms with Crippen molar-refractivity contribution >= 4 is 17.2 Å². The topological polar surface area (TPSA) is 35.9 Å². The van der Waals surface area contributed by atoms with Crippen molar-refractivity contribution in [2.45, 2.75) is 31.4 Å². The van der Waals surface area contributed by atoms with Gasteiger partial charge in [-0.05, 0) is 37.1 Å². The fraction of sp³-hybridized carbons (Fsp3) is 0.391. The number of rotatable bonds is 7. The number of hydrogen-bond donors (Lipinski definition) is 0. The Bertz CT molecular complexity index is 911. The number of para-hydroxylation sites is 1. The van der Waals surface area contributed by atoms with E-state index in [2.05, 4.69) is 10.0 Å². The van der Waals surface area contributed by atoms with Crippen LogP contribution in [0.15, 0.2) is 59.7 Å². The van der Waals surface area contributed by atoms with Crippen molar-refractivity contribution in [2.75, 3.05) is 31.2 Å². The number of carbonyl (C=O) groups is 1. The van der Waals surface area contributed by atoms with Crippen molar-refractivity contribution in [1.82, 2.24) is 4.90 Å². The van der Waals surface area contributed by atoms with Gasteiger partial charge in [-0.25, -0.2) is 8.78 Å². The first-order valence-corrected chi connectivity index (χ1v) is 10.0. The highest BCUT2D eigenvalue weighted by atomic mass is 19.1. The van der Waals surface area contributed by atoms with Crippen molar-refractivity contribution in [3.63, 3.8) is 0 Å². The third kappa shape index (κ3) is 3.81. The van der Waals surface area contributed by atoms with Crippen molar-refractivity contribution in [1.29, 1.82) is 0 Å². The molecule has 2 aliphatic rings. The average Bonchev–Trinajstić information content (AvgIpc) is 3.08. The zero-order valence-electron chi connectivity index (χ0n) is 16.5. The molecule has 1 unspecified atom stereocenters. The largest absolute Gasteiger partial charge is 0.297 e. The minimum atomic E-state index is -0.726. The van der Waals surface area contributed by atoms with Gasteiger partial charge < -0.3 is 0 Å². The predicted molar refractivity (Wildman–Crippen MR) is 111 cm³/mol. The maximum atomic E-state index is 14.4. The van der Waals surface area contributed by atoms with E-state index in [0.29, 0.717) is 37.5 Å². The highest BCUT2D eigenvalue weighted by Gasteiger charge is 2.46. The fourth-order valence-electron chi connectivity index (χ4n) is 4.41. The lowest BCUT2D eigenvalue weighted by Crippen LogP contribution is -2.49. The number of hydrogen-bond acceptors (Lipinski definition) is 4. The molecule has 0 N–H and O–H groups in total. The molecule has 4 rings (SSSR count). The van der Waals surface area contributed by atoms with Gasteiger partial charge in [0.25, 0.3) is 0 Å². The zero-order valence-corrected chi connectivity index (χ0v) is 16.5. The van der Waals surface area contributed by atoms with Crippen LogP contribution in [0.2, 0.25) is 0 Å². The summed E-state index contributed by atoms with van der Waals surface area (Å²) in [5, 5.41) is 6.19. The lowest BCUT2D eigenvalue weighted by molar-refractivity contribution is -0.111. The number of benzene rings is 2. The third-order valence-electron chi connectivity index (χ3n) is 5.87. The minimum absolute atomic E-state index is 0.111.